The lowest BCUT2D eigenvalue weighted by molar-refractivity contribution is 0.159. The van der Waals surface area contributed by atoms with Crippen LogP contribution in [-0.2, 0) is 21.3 Å². The molecule has 0 aliphatic heterocycles. The van der Waals surface area contributed by atoms with Gasteiger partial charge < -0.3 is 20.1 Å². The molecule has 0 heterocycles. The van der Waals surface area contributed by atoms with Gasteiger partial charge in [0.1, 0.15) is 17.3 Å². The summed E-state index contributed by atoms with van der Waals surface area (Å²) in [4.78, 5) is 13.0. The van der Waals surface area contributed by atoms with Gasteiger partial charge in [-0.05, 0) is 42.0 Å². The molecule has 10 heteroatoms. The number of primary amides is 1. The number of anilines is 2. The van der Waals surface area contributed by atoms with Crippen LogP contribution in [-0.4, -0.2) is 34.8 Å². The minimum atomic E-state index is -3.92. The lowest BCUT2D eigenvalue weighted by Crippen LogP contribution is -2.29. The standard InChI is InChI=1S/C23H24BrN3O5S/c1-31-21-11-10-18(24)14-22(21)33(29,30)26-19-8-5-9-20(15-19)27(12-13-32-23(25)28)16-17-6-3-2-4-7-17/h2-11,14-15,26H,12-13,16H2,1H3,(H2,25,28). The first-order chi connectivity index (χ1) is 15.8. The average Bonchev–Trinajstić information content (AvgIpc) is 2.79. The number of rotatable bonds is 10. The predicted molar refractivity (Wildman–Crippen MR) is 131 cm³/mol. The number of carbonyl (C=O) groups excluding carboxylic acids is 1. The number of carbonyl (C=O) groups is 1. The second-order valence-electron chi connectivity index (χ2n) is 7.03. The molecule has 0 saturated carbocycles. The maximum atomic E-state index is 13.1. The first-order valence-electron chi connectivity index (χ1n) is 9.96. The largest absolute Gasteiger partial charge is 0.495 e. The SMILES string of the molecule is COc1ccc(Br)cc1S(=O)(=O)Nc1cccc(N(CCOC(N)=O)Cc2ccccc2)c1. The second-order valence-corrected chi connectivity index (χ2v) is 9.59. The molecule has 3 aromatic carbocycles. The lowest BCUT2D eigenvalue weighted by Gasteiger charge is -2.25. The highest BCUT2D eigenvalue weighted by Crippen LogP contribution is 2.30. The van der Waals surface area contributed by atoms with Crippen molar-refractivity contribution in [3.05, 3.63) is 82.8 Å². The number of hydrogen-bond donors (Lipinski definition) is 2. The van der Waals surface area contributed by atoms with Crippen LogP contribution in [0.25, 0.3) is 0 Å². The number of amides is 1. The number of ether oxygens (including phenoxy) is 2. The van der Waals surface area contributed by atoms with Crippen LogP contribution in [0.2, 0.25) is 0 Å². The van der Waals surface area contributed by atoms with E-state index in [0.717, 1.165) is 11.3 Å². The smallest absolute Gasteiger partial charge is 0.404 e. The van der Waals surface area contributed by atoms with Crippen LogP contribution in [0.5, 0.6) is 5.75 Å². The van der Waals surface area contributed by atoms with Gasteiger partial charge >= 0.3 is 6.09 Å². The molecule has 1 amide bonds. The fourth-order valence-electron chi connectivity index (χ4n) is 3.20. The lowest BCUT2D eigenvalue weighted by atomic mass is 10.2. The Labute approximate surface area is 201 Å². The van der Waals surface area contributed by atoms with E-state index in [9.17, 15) is 13.2 Å². The average molecular weight is 534 g/mol. The summed E-state index contributed by atoms with van der Waals surface area (Å²) in [6.07, 6.45) is -0.848. The molecule has 3 rings (SSSR count). The van der Waals surface area contributed by atoms with Gasteiger partial charge in [-0.15, -0.1) is 0 Å². The van der Waals surface area contributed by atoms with Gasteiger partial charge in [0, 0.05) is 16.7 Å². The quantitative estimate of drug-likeness (QED) is 0.400. The first kappa shape index (κ1) is 24.4. The normalized spacial score (nSPS) is 11.0. The van der Waals surface area contributed by atoms with Gasteiger partial charge in [0.15, 0.2) is 0 Å². The highest BCUT2D eigenvalue weighted by Gasteiger charge is 2.21. The summed E-state index contributed by atoms with van der Waals surface area (Å²) >= 11 is 3.30. The van der Waals surface area contributed by atoms with Crippen molar-refractivity contribution in [1.29, 1.82) is 0 Å². The van der Waals surface area contributed by atoms with E-state index in [1.54, 1.807) is 30.3 Å². The van der Waals surface area contributed by atoms with Crippen molar-refractivity contribution >= 4 is 43.4 Å². The molecule has 0 fully saturated rings. The van der Waals surface area contributed by atoms with Crippen molar-refractivity contribution in [2.45, 2.75) is 11.4 Å². The van der Waals surface area contributed by atoms with E-state index in [2.05, 4.69) is 20.7 Å². The van der Waals surface area contributed by atoms with E-state index >= 15 is 0 Å². The molecule has 33 heavy (non-hydrogen) atoms. The molecule has 3 aromatic rings. The van der Waals surface area contributed by atoms with Gasteiger partial charge in [0.2, 0.25) is 0 Å². The van der Waals surface area contributed by atoms with Crippen LogP contribution < -0.4 is 20.1 Å². The maximum Gasteiger partial charge on any atom is 0.404 e. The molecule has 0 saturated heterocycles. The molecule has 0 spiro atoms. The number of nitrogens with zero attached hydrogens (tertiary/aromatic N) is 1. The molecule has 0 atom stereocenters. The highest BCUT2D eigenvalue weighted by molar-refractivity contribution is 9.10. The number of halogens is 1. The van der Waals surface area contributed by atoms with E-state index in [0.29, 0.717) is 23.2 Å². The summed E-state index contributed by atoms with van der Waals surface area (Å²) in [7, 11) is -2.50. The van der Waals surface area contributed by atoms with Gasteiger partial charge in [-0.1, -0.05) is 52.3 Å². The molecule has 0 radical (unpaired) electrons. The zero-order valence-electron chi connectivity index (χ0n) is 17.9. The molecular formula is C23H24BrN3O5S. The Morgan fingerprint density at radius 3 is 2.52 bits per heavy atom. The topological polar surface area (TPSA) is 111 Å². The van der Waals surface area contributed by atoms with Gasteiger partial charge in [-0.25, -0.2) is 13.2 Å². The fraction of sp³-hybridized carbons (Fsp3) is 0.174. The van der Waals surface area contributed by atoms with Crippen LogP contribution in [0.15, 0.2) is 82.2 Å². The van der Waals surface area contributed by atoms with Crippen molar-refractivity contribution in [3.63, 3.8) is 0 Å². The summed E-state index contributed by atoms with van der Waals surface area (Å²) in [5.74, 6) is 0.233. The van der Waals surface area contributed by atoms with E-state index in [1.807, 2.05) is 41.3 Å². The molecule has 0 aliphatic carbocycles. The Morgan fingerprint density at radius 2 is 1.82 bits per heavy atom. The molecular weight excluding hydrogens is 510 g/mol. The first-order valence-corrected chi connectivity index (χ1v) is 12.2. The van der Waals surface area contributed by atoms with Gasteiger partial charge in [0.25, 0.3) is 10.0 Å². The molecule has 0 unspecified atom stereocenters. The number of nitrogens with one attached hydrogen (secondary N) is 1. The molecule has 174 valence electrons. The Morgan fingerprint density at radius 1 is 1.06 bits per heavy atom. The van der Waals surface area contributed by atoms with E-state index in [4.69, 9.17) is 15.2 Å². The third-order valence-electron chi connectivity index (χ3n) is 4.70. The molecule has 0 bridgehead atoms. The summed E-state index contributed by atoms with van der Waals surface area (Å²) in [6.45, 7) is 0.986. The predicted octanol–water partition coefficient (Wildman–Crippen LogP) is 4.36. The maximum absolute atomic E-state index is 13.1. The van der Waals surface area contributed by atoms with Gasteiger partial charge in [-0.3, -0.25) is 4.72 Å². The third-order valence-corrected chi connectivity index (χ3v) is 6.60. The van der Waals surface area contributed by atoms with Crippen LogP contribution in [0.1, 0.15) is 5.56 Å². The fourth-order valence-corrected chi connectivity index (χ4v) is 4.95. The van der Waals surface area contributed by atoms with Crippen molar-refractivity contribution < 1.29 is 22.7 Å². The Balaban J connectivity index is 1.87. The summed E-state index contributed by atoms with van der Waals surface area (Å²) < 4.78 is 39.5. The minimum absolute atomic E-state index is 0.0146. The number of methoxy groups -OCH3 is 1. The number of sulfonamides is 1. The zero-order valence-corrected chi connectivity index (χ0v) is 20.3. The van der Waals surface area contributed by atoms with Crippen LogP contribution in [0, 0.1) is 0 Å². The molecule has 3 N–H and O–H groups in total. The zero-order chi connectivity index (χ0) is 23.8. The van der Waals surface area contributed by atoms with Crippen molar-refractivity contribution in [3.8, 4) is 5.75 Å². The van der Waals surface area contributed by atoms with E-state index < -0.39 is 16.1 Å². The van der Waals surface area contributed by atoms with E-state index in [-0.39, 0.29) is 17.3 Å². The second kappa shape index (κ2) is 11.1. The minimum Gasteiger partial charge on any atom is -0.495 e. The number of nitrogens with two attached hydrogens (primary N) is 1. The Hall–Kier alpha value is -3.24. The number of benzene rings is 3. The summed E-state index contributed by atoms with van der Waals surface area (Å²) in [5, 5.41) is 0. The summed E-state index contributed by atoms with van der Waals surface area (Å²) in [6, 6.07) is 21.5. The molecule has 0 aromatic heterocycles. The molecule has 8 nitrogen and oxygen atoms in total. The van der Waals surface area contributed by atoms with Crippen molar-refractivity contribution in [1.82, 2.24) is 0 Å². The van der Waals surface area contributed by atoms with E-state index in [1.165, 1.54) is 13.2 Å². The Bertz CT molecular complexity index is 1210. The van der Waals surface area contributed by atoms with Crippen LogP contribution in [0.3, 0.4) is 0 Å². The van der Waals surface area contributed by atoms with Crippen LogP contribution >= 0.6 is 15.9 Å². The third kappa shape index (κ3) is 6.87. The Kier molecular flexibility index (Phi) is 8.18. The highest BCUT2D eigenvalue weighted by atomic mass is 79.9. The molecule has 0 aliphatic rings. The van der Waals surface area contributed by atoms with Crippen molar-refractivity contribution in [2.24, 2.45) is 5.73 Å². The van der Waals surface area contributed by atoms with Crippen molar-refractivity contribution in [2.75, 3.05) is 29.9 Å². The van der Waals surface area contributed by atoms with Gasteiger partial charge in [0.05, 0.1) is 19.3 Å². The van der Waals surface area contributed by atoms with Gasteiger partial charge in [-0.2, -0.15) is 0 Å². The monoisotopic (exact) mass is 533 g/mol. The number of hydrogen-bond acceptors (Lipinski definition) is 6. The van der Waals surface area contributed by atoms with Crippen LogP contribution in [0.4, 0.5) is 16.2 Å². The summed E-state index contributed by atoms with van der Waals surface area (Å²) in [5.41, 5.74) is 7.25.